The third kappa shape index (κ3) is 5.21. The molecular formula is C28H32F3NO9. The fraction of sp³-hybridized carbons (Fsp3) is 0.571. The van der Waals surface area contributed by atoms with Gasteiger partial charge in [0.05, 0.1) is 23.4 Å². The van der Waals surface area contributed by atoms with Crippen molar-refractivity contribution in [3.05, 3.63) is 35.1 Å². The van der Waals surface area contributed by atoms with Gasteiger partial charge in [0, 0.05) is 30.4 Å². The summed E-state index contributed by atoms with van der Waals surface area (Å²) in [6.45, 7) is 4.08. The summed E-state index contributed by atoms with van der Waals surface area (Å²) in [7, 11) is 1.98. The van der Waals surface area contributed by atoms with Gasteiger partial charge in [0.25, 0.3) is 0 Å². The van der Waals surface area contributed by atoms with E-state index in [4.69, 9.17) is 14.3 Å². The molecule has 2 heterocycles. The van der Waals surface area contributed by atoms with E-state index in [9.17, 15) is 42.9 Å². The number of piperidine rings is 1. The number of hydrogen-bond acceptors (Lipinski definition) is 9. The minimum atomic E-state index is -4.64. The average molecular weight is 584 g/mol. The molecule has 0 saturated carbocycles. The first kappa shape index (κ1) is 30.5. The molecule has 1 aromatic carbocycles. The van der Waals surface area contributed by atoms with Crippen molar-refractivity contribution in [1.29, 1.82) is 0 Å². The number of carboxylic acids is 1. The fourth-order valence-corrected chi connectivity index (χ4v) is 6.57. The molecule has 13 heteroatoms. The number of carboxylic acid groups (broad SMARTS) is 1. The van der Waals surface area contributed by atoms with E-state index in [-0.39, 0.29) is 42.1 Å². The fourth-order valence-electron chi connectivity index (χ4n) is 6.57. The lowest BCUT2D eigenvalue weighted by Gasteiger charge is -2.61. The number of hydrogen-bond donors (Lipinski definition) is 3. The van der Waals surface area contributed by atoms with E-state index in [0.717, 1.165) is 11.1 Å². The van der Waals surface area contributed by atoms with E-state index in [1.807, 2.05) is 13.1 Å². The normalized spacial score (nSPS) is 28.3. The summed E-state index contributed by atoms with van der Waals surface area (Å²) >= 11 is 0. The Morgan fingerprint density at radius 3 is 2.49 bits per heavy atom. The summed E-state index contributed by atoms with van der Waals surface area (Å²) < 4.78 is 43.3. The van der Waals surface area contributed by atoms with Crippen LogP contribution in [-0.2, 0) is 35.8 Å². The Kier molecular flexibility index (Phi) is 8.00. The number of Topliss-reactive ketones (excluding diaryl/α,β-unsaturated/α-hetero) is 1. The summed E-state index contributed by atoms with van der Waals surface area (Å²) in [5, 5.41) is 32.0. The van der Waals surface area contributed by atoms with Gasteiger partial charge < -0.3 is 29.7 Å². The zero-order valence-electron chi connectivity index (χ0n) is 22.7. The van der Waals surface area contributed by atoms with Gasteiger partial charge in [0.2, 0.25) is 6.29 Å². The number of halogens is 3. The zero-order valence-corrected chi connectivity index (χ0v) is 22.7. The minimum Gasteiger partial charge on any atom is -0.504 e. The molecule has 1 fully saturated rings. The Labute approximate surface area is 233 Å². The number of nitrogens with zero attached hydrogens (tertiary/aromatic N) is 1. The Balaban J connectivity index is 0.000000585. The van der Waals surface area contributed by atoms with Gasteiger partial charge >= 0.3 is 18.1 Å². The first-order valence-electron chi connectivity index (χ1n) is 13.2. The lowest BCUT2D eigenvalue weighted by Crippen LogP contribution is -2.74. The molecule has 2 bridgehead atoms. The topological polar surface area (TPSA) is 151 Å². The molecule has 1 saturated heterocycles. The van der Waals surface area contributed by atoms with Gasteiger partial charge in [-0.15, -0.1) is 0 Å². The summed E-state index contributed by atoms with van der Waals surface area (Å²) in [5.41, 5.74) is -0.346. The lowest BCUT2D eigenvalue weighted by atomic mass is 9.50. The molecule has 224 valence electrons. The number of likely N-dealkylation sites (tertiary alicyclic amines) is 1. The van der Waals surface area contributed by atoms with Crippen LogP contribution in [0, 0.1) is 11.8 Å². The predicted molar refractivity (Wildman–Crippen MR) is 135 cm³/mol. The number of esters is 1. The number of likely N-dealkylation sites (N-methyl/N-ethyl adjacent to an activating group) is 1. The van der Waals surface area contributed by atoms with Gasteiger partial charge in [0.1, 0.15) is 11.5 Å². The van der Waals surface area contributed by atoms with Crippen molar-refractivity contribution in [2.24, 2.45) is 11.8 Å². The Morgan fingerprint density at radius 1 is 1.24 bits per heavy atom. The van der Waals surface area contributed by atoms with Crippen LogP contribution in [0.4, 0.5) is 13.2 Å². The SMILES string of the molecule is CC(C)C(=O)C[C@@H](CC(=O)O)C(=O)OC1=CC[C@@]2(O)[C@H]3Cc4ccc(O)c5c4[C@@]2(CCN3C)[C@H]1O5.O=CC(F)(F)F. The molecular weight excluding hydrogens is 551 g/mol. The number of phenolic OH excluding ortho intramolecular Hbond substituents is 1. The number of ether oxygens (including phenoxy) is 2. The molecule has 0 aromatic heterocycles. The molecule has 1 aromatic rings. The average Bonchev–Trinajstić information content (AvgIpc) is 3.24. The van der Waals surface area contributed by atoms with Crippen molar-refractivity contribution in [3.8, 4) is 11.5 Å². The third-order valence-corrected chi connectivity index (χ3v) is 8.55. The molecule has 5 rings (SSSR count). The number of carbonyl (C=O) groups is 4. The van der Waals surface area contributed by atoms with E-state index in [1.54, 1.807) is 26.0 Å². The molecule has 0 radical (unpaired) electrons. The van der Waals surface area contributed by atoms with Crippen LogP contribution in [-0.4, -0.2) is 81.7 Å². The van der Waals surface area contributed by atoms with Crippen LogP contribution in [0.15, 0.2) is 24.0 Å². The van der Waals surface area contributed by atoms with Crippen molar-refractivity contribution in [2.45, 2.75) is 75.3 Å². The highest BCUT2D eigenvalue weighted by atomic mass is 19.4. The maximum Gasteiger partial charge on any atom is 0.446 e. The number of aliphatic carboxylic acids is 1. The number of aliphatic hydroxyl groups is 1. The van der Waals surface area contributed by atoms with E-state index >= 15 is 0 Å². The highest BCUT2D eigenvalue weighted by Gasteiger charge is 2.72. The highest BCUT2D eigenvalue weighted by Crippen LogP contribution is 2.65. The van der Waals surface area contributed by atoms with E-state index in [2.05, 4.69) is 4.90 Å². The third-order valence-electron chi connectivity index (χ3n) is 8.55. The molecule has 0 amide bonds. The largest absolute Gasteiger partial charge is 0.504 e. The van der Waals surface area contributed by atoms with Crippen LogP contribution in [0.2, 0.25) is 0 Å². The number of aromatic hydroxyl groups is 1. The van der Waals surface area contributed by atoms with Crippen LogP contribution in [0.1, 0.15) is 50.7 Å². The predicted octanol–water partition coefficient (Wildman–Crippen LogP) is 2.67. The summed E-state index contributed by atoms with van der Waals surface area (Å²) in [4.78, 5) is 47.7. The molecule has 41 heavy (non-hydrogen) atoms. The van der Waals surface area contributed by atoms with Gasteiger partial charge in [-0.1, -0.05) is 19.9 Å². The molecule has 3 N–H and O–H groups in total. The number of rotatable bonds is 7. The number of ketones is 1. The van der Waals surface area contributed by atoms with E-state index < -0.39 is 53.9 Å². The molecule has 2 aliphatic heterocycles. The summed E-state index contributed by atoms with van der Waals surface area (Å²) in [6.07, 6.45) is -4.31. The molecule has 5 atom stereocenters. The number of benzene rings is 1. The van der Waals surface area contributed by atoms with Crippen LogP contribution in [0.25, 0.3) is 0 Å². The standard InChI is InChI=1S/C26H31NO8.C2HF3O/c1-13(2)17(29)10-15(12-20(30)31)24(32)34-18-6-7-26(33)19-11-14-4-5-16(28)22-21(14)25(26,23(18)35-22)8-9-27(19)3;3-2(4,5)1-6/h4-6,13,15,19,23,28,33H,7-12H2,1-3H3,(H,30,31);1H/t15-,19+,23-,25-,26+;/m0./s1. The van der Waals surface area contributed by atoms with Crippen molar-refractivity contribution >= 4 is 24.0 Å². The number of alkyl halides is 3. The first-order valence-corrected chi connectivity index (χ1v) is 13.2. The molecule has 4 aliphatic rings. The zero-order chi connectivity index (χ0) is 30.5. The monoisotopic (exact) mass is 583 g/mol. The van der Waals surface area contributed by atoms with Crippen molar-refractivity contribution in [1.82, 2.24) is 4.90 Å². The Morgan fingerprint density at radius 2 is 1.90 bits per heavy atom. The summed E-state index contributed by atoms with van der Waals surface area (Å²) in [6, 6.07) is 3.26. The van der Waals surface area contributed by atoms with Gasteiger partial charge in [-0.2, -0.15) is 13.2 Å². The Bertz CT molecular complexity index is 1290. The molecule has 1 spiro atoms. The second-order valence-corrected chi connectivity index (χ2v) is 11.3. The van der Waals surface area contributed by atoms with E-state index in [0.29, 0.717) is 25.1 Å². The molecule has 2 aliphatic carbocycles. The molecule has 10 nitrogen and oxygen atoms in total. The van der Waals surface area contributed by atoms with Gasteiger partial charge in [-0.3, -0.25) is 19.2 Å². The lowest BCUT2D eigenvalue weighted by molar-refractivity contribution is -0.171. The second-order valence-electron chi connectivity index (χ2n) is 11.3. The van der Waals surface area contributed by atoms with Gasteiger partial charge in [-0.25, -0.2) is 0 Å². The maximum atomic E-state index is 13.1. The highest BCUT2D eigenvalue weighted by molar-refractivity contribution is 5.88. The van der Waals surface area contributed by atoms with Crippen LogP contribution < -0.4 is 4.74 Å². The van der Waals surface area contributed by atoms with Crippen molar-refractivity contribution < 1.29 is 57.1 Å². The van der Waals surface area contributed by atoms with Crippen molar-refractivity contribution in [2.75, 3.05) is 13.6 Å². The first-order chi connectivity index (χ1) is 19.1. The second kappa shape index (κ2) is 10.8. The van der Waals surface area contributed by atoms with Crippen LogP contribution in [0.5, 0.6) is 11.5 Å². The van der Waals surface area contributed by atoms with E-state index in [1.165, 1.54) is 0 Å². The number of aldehydes is 1. The van der Waals surface area contributed by atoms with Crippen LogP contribution >= 0.6 is 0 Å². The van der Waals surface area contributed by atoms with Crippen molar-refractivity contribution in [3.63, 3.8) is 0 Å². The Hall–Kier alpha value is -3.45. The quantitative estimate of drug-likeness (QED) is 0.323. The maximum absolute atomic E-state index is 13.1. The minimum absolute atomic E-state index is 0.0378. The number of phenols is 1. The van der Waals surface area contributed by atoms with Crippen LogP contribution in [0.3, 0.4) is 0 Å². The smallest absolute Gasteiger partial charge is 0.446 e. The van der Waals surface area contributed by atoms with Gasteiger partial charge in [0.15, 0.2) is 17.6 Å². The number of carbonyl (C=O) groups excluding carboxylic acids is 3. The molecule has 0 unspecified atom stereocenters. The summed E-state index contributed by atoms with van der Waals surface area (Å²) in [5.74, 6) is -3.24. The van der Waals surface area contributed by atoms with Gasteiger partial charge in [-0.05, 0) is 44.1 Å².